The van der Waals surface area contributed by atoms with Gasteiger partial charge in [0.1, 0.15) is 0 Å². The molecule has 3 nitrogen and oxygen atoms in total. The van der Waals surface area contributed by atoms with Crippen LogP contribution in [0.5, 0.6) is 0 Å². The van der Waals surface area contributed by atoms with E-state index < -0.39 is 0 Å². The van der Waals surface area contributed by atoms with Gasteiger partial charge in [-0.2, -0.15) is 0 Å². The largest absolute Gasteiger partial charge is 0.392 e. The number of imidazole rings is 1. The molecule has 0 aliphatic carbocycles. The second-order valence-electron chi connectivity index (χ2n) is 2.90. The minimum atomic E-state index is 0.0727. The maximum absolute atomic E-state index is 8.58. The van der Waals surface area contributed by atoms with Gasteiger partial charge in [-0.1, -0.05) is 6.08 Å². The molecule has 0 fully saturated rings. The third-order valence-corrected chi connectivity index (χ3v) is 1.65. The highest BCUT2D eigenvalue weighted by Crippen LogP contribution is 2.09. The van der Waals surface area contributed by atoms with E-state index in [0.717, 1.165) is 5.69 Å². The number of nitrogens with zero attached hydrogens (tertiary/aromatic N) is 2. The second-order valence-corrected chi connectivity index (χ2v) is 2.90. The Kier molecular flexibility index (Phi) is 3.05. The first-order chi connectivity index (χ1) is 5.75. The van der Waals surface area contributed by atoms with Gasteiger partial charge in [-0.25, -0.2) is 4.98 Å². The van der Waals surface area contributed by atoms with Gasteiger partial charge in [0, 0.05) is 6.04 Å². The third kappa shape index (κ3) is 1.95. The number of aromatic nitrogens is 2. The molecule has 3 heteroatoms. The zero-order chi connectivity index (χ0) is 8.97. The molecule has 1 heterocycles. The van der Waals surface area contributed by atoms with Crippen LogP contribution in [0.15, 0.2) is 18.6 Å². The maximum atomic E-state index is 8.58. The van der Waals surface area contributed by atoms with E-state index in [9.17, 15) is 0 Å². The molecular formula is C9H14N2O. The molecule has 0 aromatic carbocycles. The monoisotopic (exact) mass is 166 g/mol. The number of aliphatic hydroxyl groups excluding tert-OH is 1. The van der Waals surface area contributed by atoms with Gasteiger partial charge in [0.05, 0.1) is 24.8 Å². The van der Waals surface area contributed by atoms with E-state index in [4.69, 9.17) is 5.11 Å². The zero-order valence-electron chi connectivity index (χ0n) is 7.44. The number of rotatable bonds is 3. The fraction of sp³-hybridized carbons (Fsp3) is 0.444. The molecule has 1 rings (SSSR count). The van der Waals surface area contributed by atoms with E-state index in [1.165, 1.54) is 0 Å². The van der Waals surface area contributed by atoms with Crippen molar-refractivity contribution in [2.45, 2.75) is 19.9 Å². The number of hydrogen-bond acceptors (Lipinski definition) is 2. The number of hydrogen-bond donors (Lipinski definition) is 1. The van der Waals surface area contributed by atoms with E-state index in [1.54, 1.807) is 18.6 Å². The summed E-state index contributed by atoms with van der Waals surface area (Å²) in [5.41, 5.74) is 1.03. The van der Waals surface area contributed by atoms with E-state index >= 15 is 0 Å². The predicted molar refractivity (Wildman–Crippen MR) is 48.7 cm³/mol. The Morgan fingerprint density at radius 1 is 1.67 bits per heavy atom. The van der Waals surface area contributed by atoms with E-state index in [2.05, 4.69) is 18.8 Å². The first-order valence-electron chi connectivity index (χ1n) is 4.05. The summed E-state index contributed by atoms with van der Waals surface area (Å²) in [6, 6.07) is 0.408. The lowest BCUT2D eigenvalue weighted by atomic mass is 10.3. The summed E-state index contributed by atoms with van der Waals surface area (Å²) in [7, 11) is 0. The van der Waals surface area contributed by atoms with Crippen molar-refractivity contribution in [1.82, 2.24) is 9.55 Å². The molecule has 0 bridgehead atoms. The van der Waals surface area contributed by atoms with Gasteiger partial charge in [-0.3, -0.25) is 0 Å². The Morgan fingerprint density at radius 3 is 3.00 bits per heavy atom. The predicted octanol–water partition coefficient (Wildman–Crippen LogP) is 1.47. The van der Waals surface area contributed by atoms with Gasteiger partial charge in [-0.05, 0) is 19.9 Å². The molecule has 1 N–H and O–H groups in total. The van der Waals surface area contributed by atoms with Crippen molar-refractivity contribution in [3.05, 3.63) is 24.3 Å². The molecule has 0 unspecified atom stereocenters. The van der Waals surface area contributed by atoms with E-state index in [1.807, 2.05) is 10.6 Å². The highest BCUT2D eigenvalue weighted by molar-refractivity contribution is 5.43. The van der Waals surface area contributed by atoms with Gasteiger partial charge in [0.15, 0.2) is 0 Å². The van der Waals surface area contributed by atoms with Crippen LogP contribution in [0, 0.1) is 0 Å². The minimum absolute atomic E-state index is 0.0727. The summed E-state index contributed by atoms with van der Waals surface area (Å²) in [4.78, 5) is 4.03. The van der Waals surface area contributed by atoms with Crippen molar-refractivity contribution in [3.8, 4) is 0 Å². The zero-order valence-corrected chi connectivity index (χ0v) is 7.44. The van der Waals surface area contributed by atoms with Crippen LogP contribution in [0.3, 0.4) is 0 Å². The highest BCUT2D eigenvalue weighted by atomic mass is 16.2. The van der Waals surface area contributed by atoms with Gasteiger partial charge >= 0.3 is 0 Å². The van der Waals surface area contributed by atoms with Crippen LogP contribution in [-0.4, -0.2) is 21.3 Å². The molecule has 0 amide bonds. The summed E-state index contributed by atoms with van der Waals surface area (Å²) >= 11 is 0. The van der Waals surface area contributed by atoms with Crippen molar-refractivity contribution in [1.29, 1.82) is 0 Å². The number of aliphatic hydroxyl groups is 1. The summed E-state index contributed by atoms with van der Waals surface area (Å²) in [5.74, 6) is 0. The Labute approximate surface area is 72.4 Å². The lowest BCUT2D eigenvalue weighted by molar-refractivity contribution is 0.343. The minimum Gasteiger partial charge on any atom is -0.392 e. The second kappa shape index (κ2) is 4.07. The molecule has 0 atom stereocenters. The van der Waals surface area contributed by atoms with Crippen LogP contribution in [0.1, 0.15) is 25.6 Å². The van der Waals surface area contributed by atoms with Crippen LogP contribution in [0.25, 0.3) is 6.08 Å². The van der Waals surface area contributed by atoms with Gasteiger partial charge in [0.2, 0.25) is 0 Å². The quantitative estimate of drug-likeness (QED) is 0.738. The molecule has 0 aliphatic rings. The molecule has 0 radical (unpaired) electrons. The standard InChI is InChI=1S/C9H14N2O/c1-8(2)11-7-10-6-9(11)4-3-5-12/h3-4,6-8,12H,5H2,1-2H3/b4-3+. The van der Waals surface area contributed by atoms with Gasteiger partial charge in [0.25, 0.3) is 0 Å². The lowest BCUT2D eigenvalue weighted by Gasteiger charge is -2.08. The summed E-state index contributed by atoms with van der Waals surface area (Å²) < 4.78 is 2.05. The molecular weight excluding hydrogens is 152 g/mol. The summed E-state index contributed by atoms with van der Waals surface area (Å²) in [6.45, 7) is 4.26. The normalized spacial score (nSPS) is 11.7. The Morgan fingerprint density at radius 2 is 2.42 bits per heavy atom. The Balaban J connectivity index is 2.84. The van der Waals surface area contributed by atoms with Crippen LogP contribution in [0.4, 0.5) is 0 Å². The fourth-order valence-corrected chi connectivity index (χ4v) is 1.05. The molecule has 1 aromatic heterocycles. The Bertz CT molecular complexity index is 263. The van der Waals surface area contributed by atoms with Gasteiger partial charge < -0.3 is 9.67 Å². The van der Waals surface area contributed by atoms with Crippen LogP contribution < -0.4 is 0 Å². The van der Waals surface area contributed by atoms with Crippen molar-refractivity contribution >= 4 is 6.08 Å². The molecule has 0 saturated heterocycles. The Hall–Kier alpha value is -1.09. The van der Waals surface area contributed by atoms with Crippen molar-refractivity contribution < 1.29 is 5.11 Å². The fourth-order valence-electron chi connectivity index (χ4n) is 1.05. The first-order valence-corrected chi connectivity index (χ1v) is 4.05. The first kappa shape index (κ1) is 9.00. The van der Waals surface area contributed by atoms with Crippen molar-refractivity contribution in [2.75, 3.05) is 6.61 Å². The average Bonchev–Trinajstić information content (AvgIpc) is 2.48. The molecule has 0 aliphatic heterocycles. The third-order valence-electron chi connectivity index (χ3n) is 1.65. The van der Waals surface area contributed by atoms with Crippen molar-refractivity contribution in [3.63, 3.8) is 0 Å². The average molecular weight is 166 g/mol. The molecule has 12 heavy (non-hydrogen) atoms. The van der Waals surface area contributed by atoms with E-state index in [-0.39, 0.29) is 6.61 Å². The van der Waals surface area contributed by atoms with Crippen LogP contribution in [-0.2, 0) is 0 Å². The van der Waals surface area contributed by atoms with E-state index in [0.29, 0.717) is 6.04 Å². The van der Waals surface area contributed by atoms with Crippen molar-refractivity contribution in [2.24, 2.45) is 0 Å². The molecule has 0 spiro atoms. The van der Waals surface area contributed by atoms with Gasteiger partial charge in [-0.15, -0.1) is 0 Å². The molecule has 66 valence electrons. The highest BCUT2D eigenvalue weighted by Gasteiger charge is 2.00. The lowest BCUT2D eigenvalue weighted by Crippen LogP contribution is -2.00. The summed E-state index contributed by atoms with van der Waals surface area (Å²) in [6.07, 6.45) is 7.15. The molecule has 1 aromatic rings. The summed E-state index contributed by atoms with van der Waals surface area (Å²) in [5, 5.41) is 8.58. The maximum Gasteiger partial charge on any atom is 0.0953 e. The smallest absolute Gasteiger partial charge is 0.0953 e. The van der Waals surface area contributed by atoms with Crippen LogP contribution >= 0.6 is 0 Å². The SMILES string of the molecule is CC(C)n1cncc1/C=C/CO. The molecule has 0 saturated carbocycles. The topological polar surface area (TPSA) is 38.0 Å². The van der Waals surface area contributed by atoms with Crippen LogP contribution in [0.2, 0.25) is 0 Å².